The van der Waals surface area contributed by atoms with Crippen molar-refractivity contribution in [3.05, 3.63) is 0 Å². The van der Waals surface area contributed by atoms with Gasteiger partial charge in [0.15, 0.2) is 0 Å². The zero-order chi connectivity index (χ0) is 12.0. The van der Waals surface area contributed by atoms with Crippen molar-refractivity contribution < 1.29 is 9.53 Å². The fourth-order valence-electron chi connectivity index (χ4n) is 1.96. The van der Waals surface area contributed by atoms with Gasteiger partial charge in [0.1, 0.15) is 0 Å². The lowest BCUT2D eigenvalue weighted by Gasteiger charge is -2.27. The van der Waals surface area contributed by atoms with E-state index in [9.17, 15) is 4.79 Å². The number of amides is 1. The van der Waals surface area contributed by atoms with E-state index in [1.807, 2.05) is 14.0 Å². The quantitative estimate of drug-likeness (QED) is 0.763. The van der Waals surface area contributed by atoms with Crippen LogP contribution < -0.4 is 5.73 Å². The van der Waals surface area contributed by atoms with Crippen molar-refractivity contribution >= 4 is 5.91 Å². The van der Waals surface area contributed by atoms with Gasteiger partial charge in [-0.2, -0.15) is 0 Å². The van der Waals surface area contributed by atoms with E-state index in [2.05, 4.69) is 0 Å². The lowest BCUT2D eigenvalue weighted by molar-refractivity contribution is -0.131. The second-order valence-corrected chi connectivity index (χ2v) is 4.73. The third-order valence-electron chi connectivity index (χ3n) is 3.17. The van der Waals surface area contributed by atoms with Crippen LogP contribution >= 0.6 is 0 Å². The summed E-state index contributed by atoms with van der Waals surface area (Å²) in [6.45, 7) is 4.47. The summed E-state index contributed by atoms with van der Waals surface area (Å²) < 4.78 is 5.40. The van der Waals surface area contributed by atoms with Crippen LogP contribution in [0.15, 0.2) is 0 Å². The Morgan fingerprint density at radius 2 is 2.38 bits per heavy atom. The predicted molar refractivity (Wildman–Crippen MR) is 64.1 cm³/mol. The lowest BCUT2D eigenvalue weighted by atomic mass is 10.0. The molecule has 0 aromatic carbocycles. The smallest absolute Gasteiger partial charge is 0.223 e. The summed E-state index contributed by atoms with van der Waals surface area (Å²) in [6, 6.07) is -0.00226. The maximum atomic E-state index is 11.8. The number of carbonyl (C=O) groups excluding carboxylic acids is 1. The summed E-state index contributed by atoms with van der Waals surface area (Å²) in [6.07, 6.45) is 3.59. The molecule has 1 saturated heterocycles. The van der Waals surface area contributed by atoms with Gasteiger partial charge in [0.05, 0.1) is 6.61 Å². The van der Waals surface area contributed by atoms with Crippen LogP contribution in [-0.4, -0.2) is 43.7 Å². The summed E-state index contributed by atoms with van der Waals surface area (Å²) in [5, 5.41) is 0. The van der Waals surface area contributed by atoms with Gasteiger partial charge in [0.2, 0.25) is 5.91 Å². The fourth-order valence-corrected chi connectivity index (χ4v) is 1.96. The van der Waals surface area contributed by atoms with Gasteiger partial charge >= 0.3 is 0 Å². The first-order chi connectivity index (χ1) is 7.63. The van der Waals surface area contributed by atoms with Crippen LogP contribution in [0.25, 0.3) is 0 Å². The molecule has 1 aliphatic rings. The van der Waals surface area contributed by atoms with Crippen LogP contribution in [0.2, 0.25) is 0 Å². The summed E-state index contributed by atoms with van der Waals surface area (Å²) in [4.78, 5) is 13.6. The average Bonchev–Trinajstić information content (AvgIpc) is 2.30. The molecule has 2 N–H and O–H groups in total. The van der Waals surface area contributed by atoms with Gasteiger partial charge in [-0.15, -0.1) is 0 Å². The average molecular weight is 228 g/mol. The molecule has 0 bridgehead atoms. The van der Waals surface area contributed by atoms with E-state index < -0.39 is 0 Å². The van der Waals surface area contributed by atoms with Crippen LogP contribution in [0.5, 0.6) is 0 Å². The first kappa shape index (κ1) is 13.5. The van der Waals surface area contributed by atoms with Crippen LogP contribution in [-0.2, 0) is 9.53 Å². The highest BCUT2D eigenvalue weighted by molar-refractivity contribution is 5.76. The Kier molecular flexibility index (Phi) is 5.77. The number of ether oxygens (including phenoxy) is 1. The van der Waals surface area contributed by atoms with Crippen LogP contribution in [0, 0.1) is 5.92 Å². The molecule has 4 heteroatoms. The van der Waals surface area contributed by atoms with Gasteiger partial charge in [-0.3, -0.25) is 4.79 Å². The molecule has 0 aromatic rings. The minimum Gasteiger partial charge on any atom is -0.381 e. The van der Waals surface area contributed by atoms with Crippen LogP contribution in [0.4, 0.5) is 0 Å². The summed E-state index contributed by atoms with van der Waals surface area (Å²) in [5.41, 5.74) is 5.77. The molecule has 1 aliphatic heterocycles. The molecule has 0 spiro atoms. The Bertz CT molecular complexity index is 215. The van der Waals surface area contributed by atoms with Crippen molar-refractivity contribution in [3.8, 4) is 0 Å². The first-order valence-electron chi connectivity index (χ1n) is 6.20. The minimum absolute atomic E-state index is 0.00226. The summed E-state index contributed by atoms with van der Waals surface area (Å²) in [7, 11) is 1.86. The monoisotopic (exact) mass is 228 g/mol. The number of nitrogens with two attached hydrogens (primary N) is 1. The van der Waals surface area contributed by atoms with E-state index in [1.165, 1.54) is 0 Å². The Balaban J connectivity index is 2.27. The number of hydrogen-bond donors (Lipinski definition) is 1. The topological polar surface area (TPSA) is 55.6 Å². The molecular formula is C12H24N2O2. The fraction of sp³-hybridized carbons (Fsp3) is 0.917. The Hall–Kier alpha value is -0.610. The number of rotatable bonds is 5. The number of carbonyl (C=O) groups is 1. The van der Waals surface area contributed by atoms with Gasteiger partial charge in [-0.05, 0) is 25.2 Å². The van der Waals surface area contributed by atoms with Gasteiger partial charge in [0.25, 0.3) is 0 Å². The van der Waals surface area contributed by atoms with E-state index in [0.29, 0.717) is 12.3 Å². The predicted octanol–water partition coefficient (Wildman–Crippen LogP) is 0.999. The van der Waals surface area contributed by atoms with E-state index in [1.54, 1.807) is 4.90 Å². The SMILES string of the molecule is CCC(N)CC(=O)N(C)CC1CCCOC1. The minimum atomic E-state index is -0.00226. The molecule has 2 atom stereocenters. The maximum Gasteiger partial charge on any atom is 0.223 e. The van der Waals surface area contributed by atoms with Crippen molar-refractivity contribution in [2.45, 2.75) is 38.6 Å². The molecule has 16 heavy (non-hydrogen) atoms. The third-order valence-corrected chi connectivity index (χ3v) is 3.17. The molecule has 94 valence electrons. The molecule has 0 radical (unpaired) electrons. The molecule has 1 amide bonds. The maximum absolute atomic E-state index is 11.8. The lowest BCUT2D eigenvalue weighted by Crippen LogP contribution is -2.37. The Morgan fingerprint density at radius 1 is 1.62 bits per heavy atom. The van der Waals surface area contributed by atoms with Crippen molar-refractivity contribution in [1.29, 1.82) is 0 Å². The molecule has 0 aliphatic carbocycles. The van der Waals surface area contributed by atoms with Gasteiger partial charge < -0.3 is 15.4 Å². The second kappa shape index (κ2) is 6.86. The summed E-state index contributed by atoms with van der Waals surface area (Å²) in [5.74, 6) is 0.653. The van der Waals surface area contributed by atoms with E-state index in [0.717, 1.165) is 39.0 Å². The summed E-state index contributed by atoms with van der Waals surface area (Å²) >= 11 is 0. The molecule has 2 unspecified atom stereocenters. The van der Waals surface area contributed by atoms with Gasteiger partial charge in [0, 0.05) is 32.7 Å². The Labute approximate surface area is 98.1 Å². The zero-order valence-corrected chi connectivity index (χ0v) is 10.4. The van der Waals surface area contributed by atoms with Crippen molar-refractivity contribution in [2.24, 2.45) is 11.7 Å². The highest BCUT2D eigenvalue weighted by Crippen LogP contribution is 2.14. The van der Waals surface area contributed by atoms with Crippen molar-refractivity contribution in [1.82, 2.24) is 4.90 Å². The second-order valence-electron chi connectivity index (χ2n) is 4.73. The number of hydrogen-bond acceptors (Lipinski definition) is 3. The van der Waals surface area contributed by atoms with Crippen LogP contribution in [0.1, 0.15) is 32.6 Å². The molecular weight excluding hydrogens is 204 g/mol. The molecule has 0 saturated carbocycles. The largest absolute Gasteiger partial charge is 0.381 e. The highest BCUT2D eigenvalue weighted by Gasteiger charge is 2.19. The van der Waals surface area contributed by atoms with Crippen molar-refractivity contribution in [3.63, 3.8) is 0 Å². The number of nitrogens with zero attached hydrogens (tertiary/aromatic N) is 1. The molecule has 4 nitrogen and oxygen atoms in total. The molecule has 1 rings (SSSR count). The third kappa shape index (κ3) is 4.49. The van der Waals surface area contributed by atoms with Gasteiger partial charge in [-0.1, -0.05) is 6.92 Å². The molecule has 1 heterocycles. The molecule has 1 fully saturated rings. The van der Waals surface area contributed by atoms with Gasteiger partial charge in [-0.25, -0.2) is 0 Å². The van der Waals surface area contributed by atoms with E-state index in [4.69, 9.17) is 10.5 Å². The normalized spacial score (nSPS) is 22.8. The van der Waals surface area contributed by atoms with Crippen LogP contribution in [0.3, 0.4) is 0 Å². The van der Waals surface area contributed by atoms with E-state index in [-0.39, 0.29) is 11.9 Å². The first-order valence-corrected chi connectivity index (χ1v) is 6.20. The Morgan fingerprint density at radius 3 is 2.94 bits per heavy atom. The molecule has 0 aromatic heterocycles. The zero-order valence-electron chi connectivity index (χ0n) is 10.4. The van der Waals surface area contributed by atoms with Crippen molar-refractivity contribution in [2.75, 3.05) is 26.8 Å². The van der Waals surface area contributed by atoms with E-state index >= 15 is 0 Å². The highest BCUT2D eigenvalue weighted by atomic mass is 16.5. The standard InChI is InChI=1S/C12H24N2O2/c1-3-11(13)7-12(15)14(2)8-10-5-4-6-16-9-10/h10-11H,3-9,13H2,1-2H3.